The molecule has 3 nitrogen and oxygen atoms in total. The monoisotopic (exact) mass is 282 g/mol. The Morgan fingerprint density at radius 1 is 1.19 bits per heavy atom. The minimum atomic E-state index is -0.339. The minimum absolute atomic E-state index is 0.165. The van der Waals surface area contributed by atoms with Crippen LogP contribution >= 0.6 is 0 Å². The quantitative estimate of drug-likeness (QED) is 0.772. The van der Waals surface area contributed by atoms with Gasteiger partial charge in [0.05, 0.1) is 5.69 Å². The molecule has 2 aliphatic rings. The van der Waals surface area contributed by atoms with Crippen molar-refractivity contribution in [3.63, 3.8) is 0 Å². The molecule has 0 saturated heterocycles. The van der Waals surface area contributed by atoms with E-state index in [0.717, 1.165) is 24.0 Å². The lowest BCUT2D eigenvalue weighted by Crippen LogP contribution is -2.04. The first kappa shape index (κ1) is 12.4. The van der Waals surface area contributed by atoms with Crippen molar-refractivity contribution in [2.24, 2.45) is 0 Å². The van der Waals surface area contributed by atoms with E-state index in [9.17, 15) is 9.18 Å². The number of hydrogen-bond donors (Lipinski definition) is 2. The van der Waals surface area contributed by atoms with E-state index in [4.69, 9.17) is 0 Å². The average Bonchev–Trinajstić information content (AvgIpc) is 3.01. The van der Waals surface area contributed by atoms with Crippen molar-refractivity contribution in [2.75, 3.05) is 5.32 Å². The Balaban J connectivity index is 1.80. The van der Waals surface area contributed by atoms with E-state index in [1.54, 1.807) is 6.07 Å². The number of H-pyrrole nitrogens is 1. The lowest BCUT2D eigenvalue weighted by atomic mass is 9.94. The SMILES string of the molecule is O=C1Nc2cc(F)ccc2C1=Cc1c[nH]c2c1CCCC2. The molecule has 0 unspecified atom stereocenters. The van der Waals surface area contributed by atoms with Crippen molar-refractivity contribution in [1.29, 1.82) is 0 Å². The minimum Gasteiger partial charge on any atom is -0.364 e. The second-order valence-electron chi connectivity index (χ2n) is 5.61. The topological polar surface area (TPSA) is 44.9 Å². The molecule has 0 fully saturated rings. The maximum Gasteiger partial charge on any atom is 0.256 e. The molecule has 2 N–H and O–H groups in total. The zero-order valence-electron chi connectivity index (χ0n) is 11.5. The number of aromatic nitrogens is 1. The molecule has 106 valence electrons. The van der Waals surface area contributed by atoms with Crippen LogP contribution in [0.3, 0.4) is 0 Å². The normalized spacial score (nSPS) is 18.5. The van der Waals surface area contributed by atoms with Gasteiger partial charge in [-0.15, -0.1) is 0 Å². The largest absolute Gasteiger partial charge is 0.364 e. The van der Waals surface area contributed by atoms with Gasteiger partial charge in [-0.3, -0.25) is 4.79 Å². The molecule has 4 heteroatoms. The van der Waals surface area contributed by atoms with Gasteiger partial charge in [-0.2, -0.15) is 0 Å². The highest BCUT2D eigenvalue weighted by molar-refractivity contribution is 6.34. The molecule has 1 aliphatic carbocycles. The molecule has 4 rings (SSSR count). The second-order valence-corrected chi connectivity index (χ2v) is 5.61. The van der Waals surface area contributed by atoms with Crippen LogP contribution in [0.1, 0.15) is 35.2 Å². The van der Waals surface area contributed by atoms with Gasteiger partial charge in [0.15, 0.2) is 0 Å². The van der Waals surface area contributed by atoms with Crippen molar-refractivity contribution in [2.45, 2.75) is 25.7 Å². The van der Waals surface area contributed by atoms with Crippen molar-refractivity contribution < 1.29 is 9.18 Å². The summed E-state index contributed by atoms with van der Waals surface area (Å²) in [5, 5.41) is 2.72. The summed E-state index contributed by atoms with van der Waals surface area (Å²) in [5.74, 6) is -0.504. The Labute approximate surface area is 121 Å². The van der Waals surface area contributed by atoms with Gasteiger partial charge in [0.25, 0.3) is 5.91 Å². The standard InChI is InChI=1S/C17H15FN2O/c18-11-5-6-13-14(17(21)20-16(13)8-11)7-10-9-19-15-4-2-1-3-12(10)15/h5-9,19H,1-4H2,(H,20,21). The van der Waals surface area contributed by atoms with Crippen molar-refractivity contribution >= 4 is 23.2 Å². The molecule has 0 spiro atoms. The third-order valence-corrected chi connectivity index (χ3v) is 4.28. The number of carbonyl (C=O) groups excluding carboxylic acids is 1. The molecular weight excluding hydrogens is 267 g/mol. The predicted molar refractivity (Wildman–Crippen MR) is 80.3 cm³/mol. The lowest BCUT2D eigenvalue weighted by Gasteiger charge is -2.11. The van der Waals surface area contributed by atoms with E-state index in [1.165, 1.54) is 36.2 Å². The lowest BCUT2D eigenvalue weighted by molar-refractivity contribution is -0.110. The highest BCUT2D eigenvalue weighted by atomic mass is 19.1. The molecule has 21 heavy (non-hydrogen) atoms. The van der Waals surface area contributed by atoms with Crippen LogP contribution in [0.15, 0.2) is 24.4 Å². The Morgan fingerprint density at radius 3 is 2.95 bits per heavy atom. The van der Waals surface area contributed by atoms with E-state index in [0.29, 0.717) is 11.3 Å². The zero-order valence-corrected chi connectivity index (χ0v) is 11.5. The number of benzene rings is 1. The van der Waals surface area contributed by atoms with Gasteiger partial charge < -0.3 is 10.3 Å². The third-order valence-electron chi connectivity index (χ3n) is 4.28. The molecule has 1 amide bonds. The summed E-state index contributed by atoms with van der Waals surface area (Å²) >= 11 is 0. The first-order valence-corrected chi connectivity index (χ1v) is 7.24. The summed E-state index contributed by atoms with van der Waals surface area (Å²) in [4.78, 5) is 15.4. The van der Waals surface area contributed by atoms with E-state index < -0.39 is 0 Å². The first-order valence-electron chi connectivity index (χ1n) is 7.24. The predicted octanol–water partition coefficient (Wildman–Crippen LogP) is 3.53. The summed E-state index contributed by atoms with van der Waals surface area (Å²) in [6, 6.07) is 4.41. The summed E-state index contributed by atoms with van der Waals surface area (Å²) in [6.07, 6.45) is 8.42. The number of amides is 1. The fraction of sp³-hybridized carbons (Fsp3) is 0.235. The van der Waals surface area contributed by atoms with Crippen LogP contribution < -0.4 is 5.32 Å². The van der Waals surface area contributed by atoms with Crippen LogP contribution in [0.25, 0.3) is 11.6 Å². The number of fused-ring (bicyclic) bond motifs is 2. The first-order chi connectivity index (χ1) is 10.2. The molecule has 2 heterocycles. The number of anilines is 1. The number of aryl methyl sites for hydroxylation is 1. The molecular formula is C17H15FN2O. The van der Waals surface area contributed by atoms with Crippen LogP contribution in [0, 0.1) is 5.82 Å². The van der Waals surface area contributed by atoms with E-state index in [1.807, 2.05) is 12.3 Å². The molecule has 1 aromatic heterocycles. The second kappa shape index (κ2) is 4.58. The van der Waals surface area contributed by atoms with Crippen LogP contribution in [0.5, 0.6) is 0 Å². The molecule has 0 radical (unpaired) electrons. The highest BCUT2D eigenvalue weighted by Gasteiger charge is 2.25. The molecule has 1 aromatic carbocycles. The molecule has 0 atom stereocenters. The molecule has 0 saturated carbocycles. The number of carbonyl (C=O) groups is 1. The van der Waals surface area contributed by atoms with Gasteiger partial charge in [0.2, 0.25) is 0 Å². The smallest absolute Gasteiger partial charge is 0.256 e. The van der Waals surface area contributed by atoms with Gasteiger partial charge in [-0.25, -0.2) is 4.39 Å². The third kappa shape index (κ3) is 1.98. The van der Waals surface area contributed by atoms with Crippen LogP contribution in [0.2, 0.25) is 0 Å². The van der Waals surface area contributed by atoms with E-state index in [2.05, 4.69) is 10.3 Å². The Bertz CT molecular complexity index is 773. The van der Waals surface area contributed by atoms with Crippen LogP contribution in [0.4, 0.5) is 10.1 Å². The van der Waals surface area contributed by atoms with Crippen LogP contribution in [-0.2, 0) is 17.6 Å². The maximum absolute atomic E-state index is 13.2. The summed E-state index contributed by atoms with van der Waals surface area (Å²) < 4.78 is 13.2. The van der Waals surface area contributed by atoms with Crippen LogP contribution in [-0.4, -0.2) is 10.9 Å². The number of aromatic amines is 1. The van der Waals surface area contributed by atoms with E-state index in [-0.39, 0.29) is 11.7 Å². The number of rotatable bonds is 1. The Hall–Kier alpha value is -2.36. The summed E-state index contributed by atoms with van der Waals surface area (Å²) in [7, 11) is 0. The van der Waals surface area contributed by atoms with Gasteiger partial charge in [0.1, 0.15) is 5.82 Å². The van der Waals surface area contributed by atoms with Gasteiger partial charge >= 0.3 is 0 Å². The highest BCUT2D eigenvalue weighted by Crippen LogP contribution is 2.35. The van der Waals surface area contributed by atoms with Crippen molar-refractivity contribution in [3.05, 3.63) is 52.6 Å². The van der Waals surface area contributed by atoms with Gasteiger partial charge in [-0.05, 0) is 61.1 Å². The molecule has 2 aromatic rings. The summed E-state index contributed by atoms with van der Waals surface area (Å²) in [6.45, 7) is 0. The Kier molecular flexibility index (Phi) is 2.70. The molecule has 1 aliphatic heterocycles. The summed E-state index contributed by atoms with van der Waals surface area (Å²) in [5.41, 5.74) is 5.61. The molecule has 0 bridgehead atoms. The number of hydrogen-bond acceptors (Lipinski definition) is 1. The van der Waals surface area contributed by atoms with Gasteiger partial charge in [-0.1, -0.05) is 0 Å². The fourth-order valence-electron chi connectivity index (χ4n) is 3.23. The number of nitrogens with one attached hydrogen (secondary N) is 2. The van der Waals surface area contributed by atoms with E-state index >= 15 is 0 Å². The number of halogens is 1. The fourth-order valence-corrected chi connectivity index (χ4v) is 3.23. The van der Waals surface area contributed by atoms with Crippen molar-refractivity contribution in [3.8, 4) is 0 Å². The zero-order chi connectivity index (χ0) is 14.4. The Morgan fingerprint density at radius 2 is 2.05 bits per heavy atom. The van der Waals surface area contributed by atoms with Crippen molar-refractivity contribution in [1.82, 2.24) is 4.98 Å². The average molecular weight is 282 g/mol. The maximum atomic E-state index is 13.2. The van der Waals surface area contributed by atoms with Gasteiger partial charge in [0, 0.05) is 23.0 Å².